The zero-order valence-electron chi connectivity index (χ0n) is 10.6. The van der Waals surface area contributed by atoms with Crippen molar-refractivity contribution in [3.63, 3.8) is 0 Å². The zero-order chi connectivity index (χ0) is 13.5. The van der Waals surface area contributed by atoms with Gasteiger partial charge in [-0.1, -0.05) is 36.5 Å². The van der Waals surface area contributed by atoms with Crippen molar-refractivity contribution in [2.45, 2.75) is 32.7 Å². The Labute approximate surface area is 118 Å². The zero-order valence-corrected chi connectivity index (χ0v) is 12.1. The standard InChI is InChI=1S/C13H18Cl2N2O/c1-3-4-9(2)17-13(18)8-16-10-5-6-11(14)12(15)7-10/h5-7,9,16H,3-4,8H2,1-2H3,(H,17,18). The fourth-order valence-electron chi connectivity index (χ4n) is 1.62. The van der Waals surface area contributed by atoms with E-state index in [-0.39, 0.29) is 18.5 Å². The van der Waals surface area contributed by atoms with Crippen LogP contribution in [0.2, 0.25) is 10.0 Å². The van der Waals surface area contributed by atoms with E-state index in [0.29, 0.717) is 10.0 Å². The Morgan fingerprint density at radius 2 is 2.06 bits per heavy atom. The number of carbonyl (C=O) groups excluding carboxylic acids is 1. The molecule has 0 heterocycles. The number of rotatable bonds is 6. The first-order valence-electron chi connectivity index (χ1n) is 6.01. The summed E-state index contributed by atoms with van der Waals surface area (Å²) in [5.41, 5.74) is 0.780. The Balaban J connectivity index is 2.40. The number of anilines is 1. The van der Waals surface area contributed by atoms with Crippen molar-refractivity contribution in [3.05, 3.63) is 28.2 Å². The fourth-order valence-corrected chi connectivity index (χ4v) is 1.92. The molecule has 0 fully saturated rings. The normalized spacial score (nSPS) is 12.0. The first kappa shape index (κ1) is 15.1. The minimum Gasteiger partial charge on any atom is -0.376 e. The number of hydrogen-bond donors (Lipinski definition) is 2. The Bertz CT molecular complexity index is 410. The van der Waals surface area contributed by atoms with E-state index in [0.717, 1.165) is 18.5 Å². The van der Waals surface area contributed by atoms with Gasteiger partial charge in [-0.2, -0.15) is 0 Å². The predicted octanol–water partition coefficient (Wildman–Crippen LogP) is 3.71. The van der Waals surface area contributed by atoms with Gasteiger partial charge in [-0.3, -0.25) is 4.79 Å². The van der Waals surface area contributed by atoms with E-state index in [1.54, 1.807) is 18.2 Å². The molecule has 1 atom stereocenters. The highest BCUT2D eigenvalue weighted by Gasteiger charge is 2.06. The topological polar surface area (TPSA) is 41.1 Å². The summed E-state index contributed by atoms with van der Waals surface area (Å²) in [6, 6.07) is 5.39. The van der Waals surface area contributed by atoms with Crippen molar-refractivity contribution >= 4 is 34.8 Å². The number of carbonyl (C=O) groups is 1. The molecule has 1 amide bonds. The van der Waals surface area contributed by atoms with Crippen LogP contribution in [0.5, 0.6) is 0 Å². The van der Waals surface area contributed by atoms with Gasteiger partial charge in [0.25, 0.3) is 0 Å². The van der Waals surface area contributed by atoms with Crippen LogP contribution in [0.3, 0.4) is 0 Å². The number of amides is 1. The van der Waals surface area contributed by atoms with Crippen LogP contribution >= 0.6 is 23.2 Å². The maximum absolute atomic E-state index is 11.6. The molecule has 1 rings (SSSR count). The lowest BCUT2D eigenvalue weighted by Crippen LogP contribution is -2.36. The lowest BCUT2D eigenvalue weighted by molar-refractivity contribution is -0.120. The average molecular weight is 289 g/mol. The van der Waals surface area contributed by atoms with Gasteiger partial charge in [0, 0.05) is 11.7 Å². The predicted molar refractivity (Wildman–Crippen MR) is 77.5 cm³/mol. The molecule has 0 bridgehead atoms. The van der Waals surface area contributed by atoms with Gasteiger partial charge in [0.2, 0.25) is 5.91 Å². The van der Waals surface area contributed by atoms with Crippen LogP contribution in [0.15, 0.2) is 18.2 Å². The van der Waals surface area contributed by atoms with Crippen molar-refractivity contribution in [3.8, 4) is 0 Å². The maximum Gasteiger partial charge on any atom is 0.239 e. The molecule has 0 aliphatic heterocycles. The van der Waals surface area contributed by atoms with Gasteiger partial charge < -0.3 is 10.6 Å². The van der Waals surface area contributed by atoms with Crippen LogP contribution < -0.4 is 10.6 Å². The van der Waals surface area contributed by atoms with Crippen LogP contribution in [0.4, 0.5) is 5.69 Å². The molecule has 2 N–H and O–H groups in total. The second-order valence-electron chi connectivity index (χ2n) is 4.24. The number of benzene rings is 1. The lowest BCUT2D eigenvalue weighted by Gasteiger charge is -2.13. The molecule has 0 aromatic heterocycles. The van der Waals surface area contributed by atoms with Gasteiger partial charge in [-0.15, -0.1) is 0 Å². The van der Waals surface area contributed by atoms with E-state index in [4.69, 9.17) is 23.2 Å². The third-order valence-corrected chi connectivity index (χ3v) is 3.24. The SMILES string of the molecule is CCCC(C)NC(=O)CNc1ccc(Cl)c(Cl)c1. The van der Waals surface area contributed by atoms with Gasteiger partial charge in [-0.05, 0) is 31.5 Å². The van der Waals surface area contributed by atoms with Crippen molar-refractivity contribution in [1.29, 1.82) is 0 Å². The first-order valence-corrected chi connectivity index (χ1v) is 6.76. The highest BCUT2D eigenvalue weighted by Crippen LogP contribution is 2.24. The van der Waals surface area contributed by atoms with Gasteiger partial charge in [0.1, 0.15) is 0 Å². The van der Waals surface area contributed by atoms with E-state index in [2.05, 4.69) is 17.6 Å². The van der Waals surface area contributed by atoms with Crippen molar-refractivity contribution in [2.24, 2.45) is 0 Å². The summed E-state index contributed by atoms with van der Waals surface area (Å²) in [5.74, 6) is -0.0259. The summed E-state index contributed by atoms with van der Waals surface area (Å²) in [7, 11) is 0. The van der Waals surface area contributed by atoms with E-state index >= 15 is 0 Å². The van der Waals surface area contributed by atoms with Crippen molar-refractivity contribution in [1.82, 2.24) is 5.32 Å². The molecule has 0 radical (unpaired) electrons. The lowest BCUT2D eigenvalue weighted by atomic mass is 10.2. The van der Waals surface area contributed by atoms with Crippen molar-refractivity contribution in [2.75, 3.05) is 11.9 Å². The molecule has 3 nitrogen and oxygen atoms in total. The second-order valence-corrected chi connectivity index (χ2v) is 5.05. The second kappa shape index (κ2) is 7.49. The molecule has 1 unspecified atom stereocenters. The highest BCUT2D eigenvalue weighted by atomic mass is 35.5. The highest BCUT2D eigenvalue weighted by molar-refractivity contribution is 6.42. The molecule has 18 heavy (non-hydrogen) atoms. The monoisotopic (exact) mass is 288 g/mol. The minimum atomic E-state index is -0.0259. The Kier molecular flexibility index (Phi) is 6.30. The van der Waals surface area contributed by atoms with Gasteiger partial charge in [0.15, 0.2) is 0 Å². The number of halogens is 2. The van der Waals surface area contributed by atoms with E-state index in [9.17, 15) is 4.79 Å². The molecular weight excluding hydrogens is 271 g/mol. The summed E-state index contributed by atoms with van der Waals surface area (Å²) in [4.78, 5) is 11.6. The third kappa shape index (κ3) is 5.15. The summed E-state index contributed by atoms with van der Waals surface area (Å²) in [6.07, 6.45) is 2.04. The summed E-state index contributed by atoms with van der Waals surface area (Å²) >= 11 is 11.7. The Hall–Kier alpha value is -0.930. The Morgan fingerprint density at radius 3 is 2.67 bits per heavy atom. The quantitative estimate of drug-likeness (QED) is 0.838. The Morgan fingerprint density at radius 1 is 1.33 bits per heavy atom. The smallest absolute Gasteiger partial charge is 0.239 e. The van der Waals surface area contributed by atoms with Crippen LogP contribution in [0.25, 0.3) is 0 Å². The van der Waals surface area contributed by atoms with Gasteiger partial charge in [0.05, 0.1) is 16.6 Å². The summed E-state index contributed by atoms with van der Waals surface area (Å²) < 4.78 is 0. The molecule has 0 spiro atoms. The summed E-state index contributed by atoms with van der Waals surface area (Å²) in [6.45, 7) is 4.32. The van der Waals surface area contributed by atoms with Gasteiger partial charge >= 0.3 is 0 Å². The van der Waals surface area contributed by atoms with Crippen LogP contribution in [0, 0.1) is 0 Å². The molecule has 5 heteroatoms. The molecule has 1 aromatic carbocycles. The minimum absolute atomic E-state index is 0.0259. The van der Waals surface area contributed by atoms with E-state index in [1.807, 2.05) is 6.92 Å². The molecule has 0 saturated carbocycles. The van der Waals surface area contributed by atoms with E-state index < -0.39 is 0 Å². The van der Waals surface area contributed by atoms with Crippen LogP contribution in [-0.4, -0.2) is 18.5 Å². The largest absolute Gasteiger partial charge is 0.376 e. The molecule has 1 aromatic rings. The average Bonchev–Trinajstić information content (AvgIpc) is 2.31. The van der Waals surface area contributed by atoms with Crippen LogP contribution in [0.1, 0.15) is 26.7 Å². The first-order chi connectivity index (χ1) is 8.52. The number of hydrogen-bond acceptors (Lipinski definition) is 2. The van der Waals surface area contributed by atoms with Gasteiger partial charge in [-0.25, -0.2) is 0 Å². The van der Waals surface area contributed by atoms with Crippen LogP contribution in [-0.2, 0) is 4.79 Å². The molecule has 0 aliphatic rings. The van der Waals surface area contributed by atoms with Crippen molar-refractivity contribution < 1.29 is 4.79 Å². The maximum atomic E-state index is 11.6. The summed E-state index contributed by atoms with van der Waals surface area (Å²) in [5, 5.41) is 6.90. The fraction of sp³-hybridized carbons (Fsp3) is 0.462. The molecule has 0 saturated heterocycles. The van der Waals surface area contributed by atoms with E-state index in [1.165, 1.54) is 0 Å². The molecular formula is C13H18Cl2N2O. The number of nitrogens with one attached hydrogen (secondary N) is 2. The molecule has 0 aliphatic carbocycles. The molecule has 100 valence electrons. The third-order valence-electron chi connectivity index (χ3n) is 2.50.